The van der Waals surface area contributed by atoms with Crippen LogP contribution in [0.25, 0.3) is 0 Å². The maximum absolute atomic E-state index is 11.9. The maximum Gasteiger partial charge on any atom is 0.407 e. The van der Waals surface area contributed by atoms with Crippen molar-refractivity contribution in [3.63, 3.8) is 0 Å². The molecule has 7 nitrogen and oxygen atoms in total. The number of benzene rings is 1. The Labute approximate surface area is 127 Å². The first-order valence-electron chi connectivity index (χ1n) is 6.07. The Morgan fingerprint density at radius 2 is 1.86 bits per heavy atom. The van der Waals surface area contributed by atoms with E-state index >= 15 is 0 Å². The minimum absolute atomic E-state index is 0.0270. The third-order valence-corrected chi connectivity index (χ3v) is 3.91. The van der Waals surface area contributed by atoms with Gasteiger partial charge < -0.3 is 10.1 Å². The van der Waals surface area contributed by atoms with E-state index in [4.69, 9.17) is 11.6 Å². The van der Waals surface area contributed by atoms with Crippen LogP contribution >= 0.6 is 11.6 Å². The molecule has 1 aromatic carbocycles. The van der Waals surface area contributed by atoms with Crippen LogP contribution in [0.5, 0.6) is 0 Å². The summed E-state index contributed by atoms with van der Waals surface area (Å²) >= 11 is 5.66. The number of carbonyl (C=O) groups is 2. The van der Waals surface area contributed by atoms with Gasteiger partial charge in [-0.25, -0.2) is 17.9 Å². The third kappa shape index (κ3) is 6.01. The molecular formula is C12H15ClN2O5S. The molecule has 21 heavy (non-hydrogen) atoms. The van der Waals surface area contributed by atoms with Gasteiger partial charge in [0.15, 0.2) is 0 Å². The van der Waals surface area contributed by atoms with Gasteiger partial charge >= 0.3 is 6.09 Å². The monoisotopic (exact) mass is 334 g/mol. The second-order valence-electron chi connectivity index (χ2n) is 3.88. The first kappa shape index (κ1) is 17.3. The number of carbonyl (C=O) groups excluding carboxylic acids is 2. The van der Waals surface area contributed by atoms with E-state index in [2.05, 4.69) is 10.1 Å². The summed E-state index contributed by atoms with van der Waals surface area (Å²) in [6, 6.07) is 5.38. The van der Waals surface area contributed by atoms with Crippen LogP contribution in [-0.2, 0) is 19.6 Å². The molecule has 9 heteroatoms. The number of alkyl carbamates (subject to hydrolysis) is 1. The number of nitrogens with one attached hydrogen (secondary N) is 2. The van der Waals surface area contributed by atoms with Crippen LogP contribution in [0.15, 0.2) is 29.2 Å². The Morgan fingerprint density at radius 1 is 1.24 bits per heavy atom. The highest BCUT2D eigenvalue weighted by Gasteiger charge is 2.17. The highest BCUT2D eigenvalue weighted by Crippen LogP contribution is 2.13. The molecule has 0 aliphatic rings. The van der Waals surface area contributed by atoms with E-state index in [-0.39, 0.29) is 24.5 Å². The maximum atomic E-state index is 11.9. The van der Waals surface area contributed by atoms with Crippen LogP contribution in [0.4, 0.5) is 4.79 Å². The van der Waals surface area contributed by atoms with Crippen molar-refractivity contribution in [2.45, 2.75) is 18.2 Å². The molecule has 2 amide bonds. The molecule has 116 valence electrons. The van der Waals surface area contributed by atoms with Crippen molar-refractivity contribution in [1.29, 1.82) is 0 Å². The van der Waals surface area contributed by atoms with Gasteiger partial charge in [0.05, 0.1) is 11.5 Å². The van der Waals surface area contributed by atoms with Crippen molar-refractivity contribution >= 4 is 33.6 Å². The van der Waals surface area contributed by atoms with Crippen LogP contribution in [0.1, 0.15) is 13.3 Å². The summed E-state index contributed by atoms with van der Waals surface area (Å²) in [6.45, 7) is 1.83. The van der Waals surface area contributed by atoms with Crippen molar-refractivity contribution in [3.05, 3.63) is 29.3 Å². The van der Waals surface area contributed by atoms with Gasteiger partial charge in [0.25, 0.3) is 10.0 Å². The molecule has 1 rings (SSSR count). The Kier molecular flexibility index (Phi) is 6.44. The van der Waals surface area contributed by atoms with E-state index in [0.29, 0.717) is 5.02 Å². The smallest absolute Gasteiger partial charge is 0.407 e. The zero-order chi connectivity index (χ0) is 15.9. The molecule has 0 heterocycles. The molecule has 0 spiro atoms. The fraction of sp³-hybridized carbons (Fsp3) is 0.333. The van der Waals surface area contributed by atoms with Gasteiger partial charge in [-0.05, 0) is 31.2 Å². The van der Waals surface area contributed by atoms with Gasteiger partial charge in [0.1, 0.15) is 0 Å². The lowest BCUT2D eigenvalue weighted by atomic mass is 10.4. The van der Waals surface area contributed by atoms with Gasteiger partial charge in [-0.3, -0.25) is 4.79 Å². The Morgan fingerprint density at radius 3 is 2.43 bits per heavy atom. The van der Waals surface area contributed by atoms with Crippen molar-refractivity contribution in [2.75, 3.05) is 13.2 Å². The molecule has 0 aromatic heterocycles. The van der Waals surface area contributed by atoms with Crippen molar-refractivity contribution < 1.29 is 22.7 Å². The average Bonchev–Trinajstić information content (AvgIpc) is 2.38. The molecule has 0 unspecified atom stereocenters. The molecule has 0 aliphatic heterocycles. The minimum Gasteiger partial charge on any atom is -0.450 e. The summed E-state index contributed by atoms with van der Waals surface area (Å²) in [5.74, 6) is -0.734. The molecule has 2 N–H and O–H groups in total. The zero-order valence-electron chi connectivity index (χ0n) is 11.3. The molecular weight excluding hydrogens is 320 g/mol. The van der Waals surface area contributed by atoms with Gasteiger partial charge in [-0.15, -0.1) is 0 Å². The normalized spacial score (nSPS) is 10.8. The van der Waals surface area contributed by atoms with E-state index in [1.54, 1.807) is 6.92 Å². The number of amides is 2. The van der Waals surface area contributed by atoms with E-state index in [1.165, 1.54) is 24.3 Å². The van der Waals surface area contributed by atoms with Crippen LogP contribution < -0.4 is 10.0 Å². The summed E-state index contributed by atoms with van der Waals surface area (Å²) in [4.78, 5) is 22.4. The van der Waals surface area contributed by atoms with E-state index in [1.807, 2.05) is 4.72 Å². The Hall–Kier alpha value is -1.80. The number of hydrogen-bond acceptors (Lipinski definition) is 5. The van der Waals surface area contributed by atoms with E-state index in [0.717, 1.165) is 0 Å². The van der Waals surface area contributed by atoms with Crippen LogP contribution in [-0.4, -0.2) is 33.6 Å². The minimum atomic E-state index is -3.94. The highest BCUT2D eigenvalue weighted by molar-refractivity contribution is 7.90. The van der Waals surface area contributed by atoms with Gasteiger partial charge in [-0.2, -0.15) is 0 Å². The standard InChI is InChI=1S/C12H15ClN2O5S/c1-2-20-12(17)14-8-7-11(16)15-21(18,19)10-5-3-9(13)4-6-10/h3-6H,2,7-8H2,1H3,(H,14,17)(H,15,16). The summed E-state index contributed by atoms with van der Waals surface area (Å²) in [6.07, 6.45) is -0.850. The largest absolute Gasteiger partial charge is 0.450 e. The number of halogens is 1. The van der Waals surface area contributed by atoms with Crippen LogP contribution in [0.2, 0.25) is 5.02 Å². The fourth-order valence-corrected chi connectivity index (χ4v) is 2.47. The van der Waals surface area contributed by atoms with E-state index < -0.39 is 22.0 Å². The molecule has 0 atom stereocenters. The van der Waals surface area contributed by atoms with E-state index in [9.17, 15) is 18.0 Å². The Balaban J connectivity index is 2.50. The van der Waals surface area contributed by atoms with Crippen molar-refractivity contribution in [2.24, 2.45) is 0 Å². The predicted octanol–water partition coefficient (Wildman–Crippen LogP) is 1.28. The lowest BCUT2D eigenvalue weighted by Crippen LogP contribution is -2.34. The Bertz CT molecular complexity index is 601. The molecule has 0 saturated carbocycles. The zero-order valence-corrected chi connectivity index (χ0v) is 12.8. The van der Waals surface area contributed by atoms with Gasteiger partial charge in [-0.1, -0.05) is 11.6 Å². The second-order valence-corrected chi connectivity index (χ2v) is 6.00. The lowest BCUT2D eigenvalue weighted by Gasteiger charge is -2.08. The third-order valence-electron chi connectivity index (χ3n) is 2.27. The number of sulfonamides is 1. The molecule has 0 aliphatic carbocycles. The fourth-order valence-electron chi connectivity index (χ4n) is 1.33. The van der Waals surface area contributed by atoms with Gasteiger partial charge in [0, 0.05) is 18.0 Å². The van der Waals surface area contributed by atoms with Crippen molar-refractivity contribution in [1.82, 2.24) is 10.0 Å². The van der Waals surface area contributed by atoms with Gasteiger partial charge in [0.2, 0.25) is 5.91 Å². The number of hydrogen-bond donors (Lipinski definition) is 2. The molecule has 0 radical (unpaired) electrons. The first-order valence-corrected chi connectivity index (χ1v) is 7.93. The second kappa shape index (κ2) is 7.84. The predicted molar refractivity (Wildman–Crippen MR) is 76.4 cm³/mol. The summed E-state index contributed by atoms with van der Waals surface area (Å²) in [7, 11) is -3.94. The average molecular weight is 335 g/mol. The highest BCUT2D eigenvalue weighted by atomic mass is 35.5. The van der Waals surface area contributed by atoms with Crippen molar-refractivity contribution in [3.8, 4) is 0 Å². The summed E-state index contributed by atoms with van der Waals surface area (Å²) < 4.78 is 30.2. The molecule has 0 saturated heterocycles. The molecule has 0 fully saturated rings. The molecule has 1 aromatic rings. The first-order chi connectivity index (χ1) is 9.85. The van der Waals surface area contributed by atoms with Crippen LogP contribution in [0.3, 0.4) is 0 Å². The summed E-state index contributed by atoms with van der Waals surface area (Å²) in [5, 5.41) is 2.70. The number of ether oxygens (including phenoxy) is 1. The molecule has 0 bridgehead atoms. The summed E-state index contributed by atoms with van der Waals surface area (Å²) in [5.41, 5.74) is 0. The van der Waals surface area contributed by atoms with Crippen LogP contribution in [0, 0.1) is 0 Å². The SMILES string of the molecule is CCOC(=O)NCCC(=O)NS(=O)(=O)c1ccc(Cl)cc1. The quantitative estimate of drug-likeness (QED) is 0.816. The number of rotatable bonds is 6. The topological polar surface area (TPSA) is 102 Å². The lowest BCUT2D eigenvalue weighted by molar-refractivity contribution is -0.119.